The molecule has 1 N–H and O–H groups in total. The van der Waals surface area contributed by atoms with Crippen LogP contribution in [0.3, 0.4) is 0 Å². The van der Waals surface area contributed by atoms with Crippen LogP contribution in [-0.2, 0) is 0 Å². The van der Waals surface area contributed by atoms with E-state index in [2.05, 4.69) is 59.4 Å². The van der Waals surface area contributed by atoms with Crippen molar-refractivity contribution in [1.82, 2.24) is 10.3 Å². The topological polar surface area (TPSA) is 28.2 Å². The van der Waals surface area contributed by atoms with Crippen molar-refractivity contribution >= 4 is 16.6 Å². The Hall–Kier alpha value is -1.61. The van der Waals surface area contributed by atoms with Gasteiger partial charge in [0.25, 0.3) is 0 Å². The van der Waals surface area contributed by atoms with E-state index in [0.29, 0.717) is 6.04 Å². The van der Waals surface area contributed by atoms with Crippen molar-refractivity contribution in [3.05, 3.63) is 36.0 Å². The van der Waals surface area contributed by atoms with E-state index in [9.17, 15) is 0 Å². The fourth-order valence-corrected chi connectivity index (χ4v) is 3.05. The van der Waals surface area contributed by atoms with E-state index in [1.54, 1.807) is 0 Å². The molecular weight excluding hydrogens is 234 g/mol. The molecule has 1 unspecified atom stereocenters. The third-order valence-electron chi connectivity index (χ3n) is 3.95. The molecule has 1 aromatic heterocycles. The minimum Gasteiger partial charge on any atom is -0.367 e. The fourth-order valence-electron chi connectivity index (χ4n) is 3.05. The zero-order valence-electron chi connectivity index (χ0n) is 11.7. The van der Waals surface area contributed by atoms with E-state index < -0.39 is 0 Å². The molecule has 1 aliphatic rings. The van der Waals surface area contributed by atoms with Crippen molar-refractivity contribution in [1.29, 1.82) is 0 Å². The van der Waals surface area contributed by atoms with Crippen molar-refractivity contribution in [2.45, 2.75) is 26.3 Å². The minimum atomic E-state index is 0.607. The summed E-state index contributed by atoms with van der Waals surface area (Å²) in [5, 5.41) is 4.73. The van der Waals surface area contributed by atoms with Gasteiger partial charge in [0.05, 0.1) is 5.52 Å². The zero-order chi connectivity index (χ0) is 13.2. The quantitative estimate of drug-likeness (QED) is 0.914. The molecule has 1 atom stereocenters. The predicted octanol–water partition coefficient (Wildman–Crippen LogP) is 2.73. The molecule has 100 valence electrons. The summed E-state index contributed by atoms with van der Waals surface area (Å²) in [7, 11) is 0. The number of hydrogen-bond donors (Lipinski definition) is 1. The lowest BCUT2D eigenvalue weighted by molar-refractivity contribution is 0.649. The summed E-state index contributed by atoms with van der Waals surface area (Å²) in [5.41, 5.74) is 3.53. The largest absolute Gasteiger partial charge is 0.367 e. The van der Waals surface area contributed by atoms with Gasteiger partial charge in [0.1, 0.15) is 0 Å². The van der Waals surface area contributed by atoms with Crippen LogP contribution in [-0.4, -0.2) is 30.7 Å². The van der Waals surface area contributed by atoms with Crippen LogP contribution >= 0.6 is 0 Å². The van der Waals surface area contributed by atoms with Gasteiger partial charge in [-0.3, -0.25) is 4.98 Å². The maximum Gasteiger partial charge on any atom is 0.0726 e. The molecule has 3 rings (SSSR count). The summed E-state index contributed by atoms with van der Waals surface area (Å²) in [6.07, 6.45) is 1.23. The first-order chi connectivity index (χ1) is 9.29. The van der Waals surface area contributed by atoms with E-state index in [1.807, 2.05) is 0 Å². The maximum absolute atomic E-state index is 4.64. The molecule has 0 bridgehead atoms. The van der Waals surface area contributed by atoms with Gasteiger partial charge in [0, 0.05) is 35.9 Å². The van der Waals surface area contributed by atoms with Crippen LogP contribution in [0.5, 0.6) is 0 Å². The molecule has 1 aliphatic heterocycles. The van der Waals surface area contributed by atoms with Gasteiger partial charge in [-0.1, -0.05) is 18.2 Å². The van der Waals surface area contributed by atoms with Gasteiger partial charge >= 0.3 is 0 Å². The molecule has 2 aromatic rings. The Balaban J connectivity index is 2.11. The van der Waals surface area contributed by atoms with Crippen molar-refractivity contribution in [3.63, 3.8) is 0 Å². The maximum atomic E-state index is 4.64. The first-order valence-electron chi connectivity index (χ1n) is 7.13. The first kappa shape index (κ1) is 12.4. The molecule has 1 fully saturated rings. The number of benzene rings is 1. The van der Waals surface area contributed by atoms with Gasteiger partial charge in [-0.25, -0.2) is 0 Å². The minimum absolute atomic E-state index is 0.607. The molecule has 19 heavy (non-hydrogen) atoms. The number of nitrogens with zero attached hydrogens (tertiary/aromatic N) is 2. The Morgan fingerprint density at radius 2 is 2.21 bits per heavy atom. The Kier molecular flexibility index (Phi) is 3.38. The molecule has 0 aliphatic carbocycles. The number of para-hydroxylation sites is 1. The van der Waals surface area contributed by atoms with Crippen molar-refractivity contribution in [2.75, 3.05) is 24.5 Å². The normalized spacial score (nSPS) is 18.9. The number of aryl methyl sites for hydroxylation is 1. The highest BCUT2D eigenvalue weighted by molar-refractivity contribution is 5.92. The molecule has 3 heteroatoms. The lowest BCUT2D eigenvalue weighted by Crippen LogP contribution is -2.37. The number of anilines is 1. The summed E-state index contributed by atoms with van der Waals surface area (Å²) in [6.45, 7) is 7.58. The molecular formula is C16H21N3. The summed E-state index contributed by atoms with van der Waals surface area (Å²) in [6, 6.07) is 11.3. The second-order valence-electron chi connectivity index (χ2n) is 5.23. The molecule has 1 saturated heterocycles. The van der Waals surface area contributed by atoms with Gasteiger partial charge in [0.2, 0.25) is 0 Å². The molecule has 0 amide bonds. The standard InChI is InChI=1S/C16H21N3/c1-3-19(13-8-9-17-11-13)16-10-12(2)18-15-7-5-4-6-14(15)16/h4-7,10,13,17H,3,8-9,11H2,1-2H3. The number of likely N-dealkylation sites (N-methyl/N-ethyl adjacent to an activating group) is 1. The molecule has 0 saturated carbocycles. The monoisotopic (exact) mass is 255 g/mol. The summed E-state index contributed by atoms with van der Waals surface area (Å²) < 4.78 is 0. The number of fused-ring (bicyclic) bond motifs is 1. The van der Waals surface area contributed by atoms with Crippen LogP contribution in [0.15, 0.2) is 30.3 Å². The molecule has 2 heterocycles. The molecule has 0 radical (unpaired) electrons. The fraction of sp³-hybridized carbons (Fsp3) is 0.438. The Labute approximate surface area is 114 Å². The van der Waals surface area contributed by atoms with E-state index in [1.165, 1.54) is 17.5 Å². The van der Waals surface area contributed by atoms with Gasteiger partial charge in [-0.15, -0.1) is 0 Å². The van der Waals surface area contributed by atoms with Crippen LogP contribution in [0, 0.1) is 6.92 Å². The second-order valence-corrected chi connectivity index (χ2v) is 5.23. The average Bonchev–Trinajstić information content (AvgIpc) is 2.93. The van der Waals surface area contributed by atoms with E-state index in [0.717, 1.165) is 30.8 Å². The number of aromatic nitrogens is 1. The highest BCUT2D eigenvalue weighted by Crippen LogP contribution is 2.29. The van der Waals surface area contributed by atoms with Crippen LogP contribution in [0.4, 0.5) is 5.69 Å². The summed E-state index contributed by atoms with van der Waals surface area (Å²) in [4.78, 5) is 7.16. The third kappa shape index (κ3) is 2.30. The van der Waals surface area contributed by atoms with Gasteiger partial charge < -0.3 is 10.2 Å². The zero-order valence-corrected chi connectivity index (χ0v) is 11.7. The van der Waals surface area contributed by atoms with Crippen molar-refractivity contribution < 1.29 is 0 Å². The number of rotatable bonds is 3. The predicted molar refractivity (Wildman–Crippen MR) is 80.8 cm³/mol. The van der Waals surface area contributed by atoms with Crippen molar-refractivity contribution in [2.24, 2.45) is 0 Å². The molecule has 3 nitrogen and oxygen atoms in total. The molecule has 1 aromatic carbocycles. The summed E-state index contributed by atoms with van der Waals surface area (Å²) in [5.74, 6) is 0. The first-order valence-corrected chi connectivity index (χ1v) is 7.13. The van der Waals surface area contributed by atoms with Gasteiger partial charge in [-0.2, -0.15) is 0 Å². The van der Waals surface area contributed by atoms with E-state index in [-0.39, 0.29) is 0 Å². The highest BCUT2D eigenvalue weighted by Gasteiger charge is 2.22. The Morgan fingerprint density at radius 1 is 1.37 bits per heavy atom. The van der Waals surface area contributed by atoms with Gasteiger partial charge in [-0.05, 0) is 38.9 Å². The SMILES string of the molecule is CCN(c1cc(C)nc2ccccc12)C1CCNC1. The highest BCUT2D eigenvalue weighted by atomic mass is 15.2. The lowest BCUT2D eigenvalue weighted by Gasteiger charge is -2.30. The number of hydrogen-bond acceptors (Lipinski definition) is 3. The van der Waals surface area contributed by atoms with Gasteiger partial charge in [0.15, 0.2) is 0 Å². The van der Waals surface area contributed by atoms with Crippen LogP contribution in [0.2, 0.25) is 0 Å². The Bertz CT molecular complexity index is 573. The Morgan fingerprint density at radius 3 is 2.95 bits per heavy atom. The van der Waals surface area contributed by atoms with E-state index in [4.69, 9.17) is 0 Å². The smallest absolute Gasteiger partial charge is 0.0726 e. The van der Waals surface area contributed by atoms with Crippen LogP contribution in [0.25, 0.3) is 10.9 Å². The van der Waals surface area contributed by atoms with Crippen molar-refractivity contribution in [3.8, 4) is 0 Å². The van der Waals surface area contributed by atoms with E-state index >= 15 is 0 Å². The third-order valence-corrected chi connectivity index (χ3v) is 3.95. The average molecular weight is 255 g/mol. The molecule has 0 spiro atoms. The number of nitrogens with one attached hydrogen (secondary N) is 1. The second kappa shape index (κ2) is 5.17. The van der Waals surface area contributed by atoms with Crippen LogP contribution in [0.1, 0.15) is 19.0 Å². The van der Waals surface area contributed by atoms with Crippen LogP contribution < -0.4 is 10.2 Å². The number of pyridine rings is 1. The summed E-state index contributed by atoms with van der Waals surface area (Å²) >= 11 is 0. The lowest BCUT2D eigenvalue weighted by atomic mass is 10.1.